The van der Waals surface area contributed by atoms with Gasteiger partial charge in [-0.1, -0.05) is 6.92 Å². The van der Waals surface area contributed by atoms with Crippen LogP contribution >= 0.6 is 0 Å². The van der Waals surface area contributed by atoms with Crippen LogP contribution in [0.2, 0.25) is 0 Å². The number of hydrogen-bond donors (Lipinski definition) is 2. The van der Waals surface area contributed by atoms with Crippen molar-refractivity contribution in [2.24, 2.45) is 0 Å². The molecule has 0 amide bonds. The fourth-order valence-electron chi connectivity index (χ4n) is 1.36. The first-order valence-corrected chi connectivity index (χ1v) is 4.76. The van der Waals surface area contributed by atoms with E-state index in [1.807, 2.05) is 0 Å². The Balaban J connectivity index is 3.27. The van der Waals surface area contributed by atoms with Crippen molar-refractivity contribution in [2.75, 3.05) is 19.5 Å². The molecule has 1 aromatic carbocycles. The predicted octanol–water partition coefficient (Wildman–Crippen LogP) is 2.04. The lowest BCUT2D eigenvalue weighted by molar-refractivity contribution is 0.0988. The standard InChI is InChI=1S/C11H15NO3/c1-4-9(13)7-5-10(14)11(15-3)6-8(7)12-2/h5-6,12,14H,4H2,1-3H3. The second-order valence-corrected chi connectivity index (χ2v) is 3.10. The van der Waals surface area contributed by atoms with E-state index in [1.54, 1.807) is 20.0 Å². The largest absolute Gasteiger partial charge is 0.504 e. The van der Waals surface area contributed by atoms with Crippen molar-refractivity contribution < 1.29 is 14.6 Å². The molecule has 0 spiro atoms. The van der Waals surface area contributed by atoms with Gasteiger partial charge >= 0.3 is 0 Å². The fraction of sp³-hybridized carbons (Fsp3) is 0.364. The maximum absolute atomic E-state index is 11.6. The molecule has 15 heavy (non-hydrogen) atoms. The number of methoxy groups -OCH3 is 1. The topological polar surface area (TPSA) is 58.6 Å². The minimum Gasteiger partial charge on any atom is -0.504 e. The van der Waals surface area contributed by atoms with Gasteiger partial charge in [-0.3, -0.25) is 4.79 Å². The minimum absolute atomic E-state index is 0.0164. The van der Waals surface area contributed by atoms with Crippen LogP contribution in [0.1, 0.15) is 23.7 Å². The second kappa shape index (κ2) is 4.68. The van der Waals surface area contributed by atoms with Crippen LogP contribution in [0.25, 0.3) is 0 Å². The van der Waals surface area contributed by atoms with Crippen molar-refractivity contribution in [3.8, 4) is 11.5 Å². The maximum Gasteiger partial charge on any atom is 0.164 e. The first-order chi connectivity index (χ1) is 7.13. The molecule has 0 aliphatic rings. The summed E-state index contributed by atoms with van der Waals surface area (Å²) in [5.41, 5.74) is 1.15. The predicted molar refractivity (Wildman–Crippen MR) is 58.8 cm³/mol. The lowest BCUT2D eigenvalue weighted by Gasteiger charge is -2.11. The van der Waals surface area contributed by atoms with Gasteiger partial charge in [0.2, 0.25) is 0 Å². The summed E-state index contributed by atoms with van der Waals surface area (Å²) in [4.78, 5) is 11.6. The van der Waals surface area contributed by atoms with E-state index in [-0.39, 0.29) is 11.5 Å². The molecular weight excluding hydrogens is 194 g/mol. The van der Waals surface area contributed by atoms with Crippen LogP contribution in [-0.2, 0) is 0 Å². The molecule has 1 aromatic rings. The van der Waals surface area contributed by atoms with Gasteiger partial charge in [0, 0.05) is 30.8 Å². The number of aromatic hydroxyl groups is 1. The zero-order valence-electron chi connectivity index (χ0n) is 9.13. The first kappa shape index (κ1) is 11.4. The van der Waals surface area contributed by atoms with Crippen LogP contribution in [-0.4, -0.2) is 25.0 Å². The summed E-state index contributed by atoms with van der Waals surface area (Å²) in [5, 5.41) is 12.5. The smallest absolute Gasteiger partial charge is 0.164 e. The Bertz CT molecular complexity index is 374. The van der Waals surface area contributed by atoms with Crippen molar-refractivity contribution in [1.82, 2.24) is 0 Å². The molecule has 82 valence electrons. The van der Waals surface area contributed by atoms with Gasteiger partial charge in [-0.15, -0.1) is 0 Å². The number of benzene rings is 1. The molecule has 1 rings (SSSR count). The Labute approximate surface area is 88.9 Å². The van der Waals surface area contributed by atoms with E-state index in [9.17, 15) is 9.90 Å². The van der Waals surface area contributed by atoms with E-state index >= 15 is 0 Å². The molecule has 4 nitrogen and oxygen atoms in total. The third-order valence-electron chi connectivity index (χ3n) is 2.21. The highest BCUT2D eigenvalue weighted by atomic mass is 16.5. The molecule has 0 fully saturated rings. The van der Waals surface area contributed by atoms with E-state index < -0.39 is 0 Å². The quantitative estimate of drug-likeness (QED) is 0.588. The van der Waals surface area contributed by atoms with Gasteiger partial charge in [0.05, 0.1) is 7.11 Å². The zero-order valence-corrected chi connectivity index (χ0v) is 9.13. The van der Waals surface area contributed by atoms with Crippen molar-refractivity contribution in [3.63, 3.8) is 0 Å². The molecule has 0 unspecified atom stereocenters. The number of anilines is 1. The maximum atomic E-state index is 11.6. The molecule has 0 aliphatic heterocycles. The Morgan fingerprint density at radius 1 is 1.53 bits per heavy atom. The number of carbonyl (C=O) groups excluding carboxylic acids is 1. The van der Waals surface area contributed by atoms with Crippen molar-refractivity contribution in [3.05, 3.63) is 17.7 Å². The third kappa shape index (κ3) is 2.21. The lowest BCUT2D eigenvalue weighted by Crippen LogP contribution is -2.03. The van der Waals surface area contributed by atoms with Crippen LogP contribution < -0.4 is 10.1 Å². The Morgan fingerprint density at radius 3 is 2.67 bits per heavy atom. The summed E-state index contributed by atoms with van der Waals surface area (Å²) >= 11 is 0. The molecule has 2 N–H and O–H groups in total. The van der Waals surface area contributed by atoms with E-state index in [2.05, 4.69) is 5.32 Å². The summed E-state index contributed by atoms with van der Waals surface area (Å²) in [7, 11) is 3.19. The van der Waals surface area contributed by atoms with Crippen molar-refractivity contribution in [2.45, 2.75) is 13.3 Å². The highest BCUT2D eigenvalue weighted by Gasteiger charge is 2.13. The van der Waals surface area contributed by atoms with Crippen LogP contribution in [0.3, 0.4) is 0 Å². The molecular formula is C11H15NO3. The summed E-state index contributed by atoms with van der Waals surface area (Å²) < 4.78 is 4.95. The van der Waals surface area contributed by atoms with Gasteiger partial charge in [0.15, 0.2) is 17.3 Å². The van der Waals surface area contributed by atoms with E-state index in [0.717, 1.165) is 0 Å². The van der Waals surface area contributed by atoms with E-state index in [4.69, 9.17) is 4.74 Å². The Morgan fingerprint density at radius 2 is 2.20 bits per heavy atom. The Kier molecular flexibility index (Phi) is 3.55. The molecule has 0 atom stereocenters. The average molecular weight is 209 g/mol. The fourth-order valence-corrected chi connectivity index (χ4v) is 1.36. The van der Waals surface area contributed by atoms with Crippen molar-refractivity contribution in [1.29, 1.82) is 0 Å². The molecule has 0 bridgehead atoms. The first-order valence-electron chi connectivity index (χ1n) is 4.76. The summed E-state index contributed by atoms with van der Waals surface area (Å²) in [5.74, 6) is 0.317. The van der Waals surface area contributed by atoms with Crippen LogP contribution in [0.15, 0.2) is 12.1 Å². The van der Waals surface area contributed by atoms with Gasteiger partial charge in [0.25, 0.3) is 0 Å². The molecule has 0 heterocycles. The van der Waals surface area contributed by atoms with Crippen LogP contribution in [0.5, 0.6) is 11.5 Å². The van der Waals surface area contributed by atoms with Gasteiger partial charge in [0.1, 0.15) is 0 Å². The van der Waals surface area contributed by atoms with Gasteiger partial charge < -0.3 is 15.2 Å². The van der Waals surface area contributed by atoms with E-state index in [1.165, 1.54) is 13.2 Å². The number of phenolic OH excluding ortho intramolecular Hbond substituents is 1. The lowest BCUT2D eigenvalue weighted by atomic mass is 10.1. The molecule has 0 saturated carbocycles. The number of ketones is 1. The number of hydrogen-bond acceptors (Lipinski definition) is 4. The van der Waals surface area contributed by atoms with Gasteiger partial charge in [-0.05, 0) is 6.07 Å². The van der Waals surface area contributed by atoms with Crippen LogP contribution in [0.4, 0.5) is 5.69 Å². The van der Waals surface area contributed by atoms with Gasteiger partial charge in [-0.2, -0.15) is 0 Å². The SMILES string of the molecule is CCC(=O)c1cc(O)c(OC)cc1NC. The zero-order chi connectivity index (χ0) is 11.4. The number of carbonyl (C=O) groups is 1. The van der Waals surface area contributed by atoms with Crippen LogP contribution in [0, 0.1) is 0 Å². The molecule has 0 saturated heterocycles. The number of ether oxygens (including phenoxy) is 1. The van der Waals surface area contributed by atoms with E-state index in [0.29, 0.717) is 23.4 Å². The average Bonchev–Trinajstić information content (AvgIpc) is 2.27. The van der Waals surface area contributed by atoms with Gasteiger partial charge in [-0.25, -0.2) is 0 Å². The monoisotopic (exact) mass is 209 g/mol. The summed E-state index contributed by atoms with van der Waals surface area (Å²) in [6.45, 7) is 1.78. The summed E-state index contributed by atoms with van der Waals surface area (Å²) in [6.07, 6.45) is 0.403. The molecule has 4 heteroatoms. The third-order valence-corrected chi connectivity index (χ3v) is 2.21. The summed E-state index contributed by atoms with van der Waals surface area (Å²) in [6, 6.07) is 3.04. The number of Topliss-reactive ketones (excluding diaryl/α,β-unsaturated/α-hetero) is 1. The minimum atomic E-state index is -0.0201. The van der Waals surface area contributed by atoms with Crippen molar-refractivity contribution >= 4 is 11.5 Å². The highest BCUT2D eigenvalue weighted by molar-refractivity contribution is 6.01. The number of phenols is 1. The molecule has 0 aliphatic carbocycles. The Hall–Kier alpha value is -1.71. The normalized spacial score (nSPS) is 9.80. The molecule has 0 aromatic heterocycles. The number of nitrogens with one attached hydrogen (secondary N) is 1. The number of rotatable bonds is 4. The second-order valence-electron chi connectivity index (χ2n) is 3.10. The highest BCUT2D eigenvalue weighted by Crippen LogP contribution is 2.32. The molecule has 0 radical (unpaired) electrons.